The van der Waals surface area contributed by atoms with Crippen LogP contribution < -0.4 is 5.73 Å². The molecule has 1 atom stereocenters. The summed E-state index contributed by atoms with van der Waals surface area (Å²) in [6, 6.07) is 1.71. The number of carboxylic acid groups (broad SMARTS) is 1. The molecule has 1 rings (SSSR count). The Hall–Kier alpha value is -1.21. The van der Waals surface area contributed by atoms with Crippen LogP contribution in [-0.4, -0.2) is 32.5 Å². The first-order valence-corrected chi connectivity index (χ1v) is 7.29. The maximum Gasteiger partial charge on any atom is 0.328 e. The largest absolute Gasteiger partial charge is 0.478 e. The molecule has 0 aliphatic heterocycles. The van der Waals surface area contributed by atoms with Gasteiger partial charge in [-0.25, -0.2) is 14.8 Å². The standard InChI is InChI=1S/C11H15N3O2S2/c1-6(4-10(15)16)7(2)18-11-13-8(12)5-9(14-11)17-3/h4-5,7H,1-3H3,(H,15,16)(H2,12,13,14)/b6-4+. The minimum absolute atomic E-state index is 0.0161. The molecule has 98 valence electrons. The van der Waals surface area contributed by atoms with E-state index in [0.717, 1.165) is 10.6 Å². The zero-order valence-electron chi connectivity index (χ0n) is 10.4. The fourth-order valence-electron chi connectivity index (χ4n) is 1.14. The number of nitrogens with two attached hydrogens (primary N) is 1. The number of hydrogen-bond donors (Lipinski definition) is 2. The van der Waals surface area contributed by atoms with Crippen molar-refractivity contribution >= 4 is 35.3 Å². The van der Waals surface area contributed by atoms with Crippen molar-refractivity contribution in [1.82, 2.24) is 9.97 Å². The number of anilines is 1. The average molecular weight is 285 g/mol. The van der Waals surface area contributed by atoms with Crippen molar-refractivity contribution in [3.63, 3.8) is 0 Å². The predicted molar refractivity (Wildman–Crippen MR) is 74.9 cm³/mol. The van der Waals surface area contributed by atoms with Crippen LogP contribution in [0.3, 0.4) is 0 Å². The SMILES string of the molecule is CSc1cc(N)nc(SC(C)/C(C)=C/C(=O)O)n1. The molecule has 0 bridgehead atoms. The molecule has 5 nitrogen and oxygen atoms in total. The summed E-state index contributed by atoms with van der Waals surface area (Å²) in [5, 5.41) is 10.0. The maximum atomic E-state index is 10.6. The van der Waals surface area contributed by atoms with Crippen molar-refractivity contribution in [2.45, 2.75) is 29.3 Å². The number of hydrogen-bond acceptors (Lipinski definition) is 6. The molecular weight excluding hydrogens is 270 g/mol. The lowest BCUT2D eigenvalue weighted by molar-refractivity contribution is -0.131. The van der Waals surface area contributed by atoms with Gasteiger partial charge in [0, 0.05) is 17.4 Å². The van der Waals surface area contributed by atoms with E-state index < -0.39 is 5.97 Å². The number of thioether (sulfide) groups is 2. The van der Waals surface area contributed by atoms with Gasteiger partial charge in [0.05, 0.1) is 0 Å². The first kappa shape index (κ1) is 14.8. The van der Waals surface area contributed by atoms with Gasteiger partial charge in [0.2, 0.25) is 0 Å². The summed E-state index contributed by atoms with van der Waals surface area (Å²) < 4.78 is 0. The van der Waals surface area contributed by atoms with E-state index in [-0.39, 0.29) is 5.25 Å². The molecule has 7 heteroatoms. The van der Waals surface area contributed by atoms with Gasteiger partial charge >= 0.3 is 5.97 Å². The van der Waals surface area contributed by atoms with E-state index in [9.17, 15) is 4.79 Å². The van der Waals surface area contributed by atoms with E-state index in [2.05, 4.69) is 9.97 Å². The summed E-state index contributed by atoms with van der Waals surface area (Å²) in [5.74, 6) is -0.526. The second kappa shape index (κ2) is 6.65. The van der Waals surface area contributed by atoms with Gasteiger partial charge in [0.25, 0.3) is 0 Å². The smallest absolute Gasteiger partial charge is 0.328 e. The summed E-state index contributed by atoms with van der Waals surface area (Å²) in [4.78, 5) is 19.0. The number of carboxylic acids is 1. The van der Waals surface area contributed by atoms with Crippen molar-refractivity contribution in [3.8, 4) is 0 Å². The molecule has 3 N–H and O–H groups in total. The molecule has 0 aromatic carbocycles. The van der Waals surface area contributed by atoms with Gasteiger partial charge in [-0.15, -0.1) is 11.8 Å². The molecule has 1 aromatic rings. The Morgan fingerprint density at radius 3 is 2.78 bits per heavy atom. The highest BCUT2D eigenvalue weighted by Gasteiger charge is 2.11. The second-order valence-electron chi connectivity index (χ2n) is 3.60. The average Bonchev–Trinajstić information content (AvgIpc) is 2.27. The van der Waals surface area contributed by atoms with Crippen LogP contribution in [0.25, 0.3) is 0 Å². The first-order valence-electron chi connectivity index (χ1n) is 5.18. The van der Waals surface area contributed by atoms with E-state index in [1.807, 2.05) is 13.2 Å². The molecule has 0 spiro atoms. The fourth-order valence-corrected chi connectivity index (χ4v) is 2.49. The molecule has 1 unspecified atom stereocenters. The third kappa shape index (κ3) is 4.58. The Morgan fingerprint density at radius 1 is 1.56 bits per heavy atom. The van der Waals surface area contributed by atoms with Crippen molar-refractivity contribution in [2.75, 3.05) is 12.0 Å². The number of aromatic nitrogens is 2. The Morgan fingerprint density at radius 2 is 2.22 bits per heavy atom. The summed E-state index contributed by atoms with van der Waals surface area (Å²) in [6.45, 7) is 3.68. The van der Waals surface area contributed by atoms with Crippen molar-refractivity contribution in [3.05, 3.63) is 17.7 Å². The quantitative estimate of drug-likeness (QED) is 0.371. The number of carbonyl (C=O) groups is 1. The van der Waals surface area contributed by atoms with Gasteiger partial charge in [-0.3, -0.25) is 0 Å². The minimum Gasteiger partial charge on any atom is -0.478 e. The highest BCUT2D eigenvalue weighted by molar-refractivity contribution is 8.00. The summed E-state index contributed by atoms with van der Waals surface area (Å²) >= 11 is 2.88. The third-order valence-electron chi connectivity index (χ3n) is 2.19. The molecule has 0 fully saturated rings. The third-order valence-corrected chi connectivity index (χ3v) is 3.93. The zero-order chi connectivity index (χ0) is 13.7. The topological polar surface area (TPSA) is 89.1 Å². The van der Waals surface area contributed by atoms with Crippen molar-refractivity contribution in [2.24, 2.45) is 0 Å². The van der Waals surface area contributed by atoms with Gasteiger partial charge in [0.15, 0.2) is 5.16 Å². The fraction of sp³-hybridized carbons (Fsp3) is 0.364. The van der Waals surface area contributed by atoms with E-state index in [1.165, 1.54) is 29.6 Å². The van der Waals surface area contributed by atoms with Gasteiger partial charge in [-0.05, 0) is 20.1 Å². The highest BCUT2D eigenvalue weighted by atomic mass is 32.2. The minimum atomic E-state index is -0.946. The highest BCUT2D eigenvalue weighted by Crippen LogP contribution is 2.27. The van der Waals surface area contributed by atoms with Crippen LogP contribution in [0.2, 0.25) is 0 Å². The van der Waals surface area contributed by atoms with Gasteiger partial charge in [-0.2, -0.15) is 0 Å². The van der Waals surface area contributed by atoms with Crippen LogP contribution >= 0.6 is 23.5 Å². The van der Waals surface area contributed by atoms with Crippen LogP contribution in [0.4, 0.5) is 5.82 Å². The van der Waals surface area contributed by atoms with Gasteiger partial charge < -0.3 is 10.8 Å². The Balaban J connectivity index is 2.84. The second-order valence-corrected chi connectivity index (χ2v) is 5.74. The van der Waals surface area contributed by atoms with Gasteiger partial charge in [-0.1, -0.05) is 17.3 Å². The normalized spacial score (nSPS) is 13.4. The van der Waals surface area contributed by atoms with E-state index in [1.54, 1.807) is 13.0 Å². The number of aliphatic carboxylic acids is 1. The molecule has 1 heterocycles. The van der Waals surface area contributed by atoms with E-state index in [4.69, 9.17) is 10.8 Å². The van der Waals surface area contributed by atoms with Crippen molar-refractivity contribution < 1.29 is 9.90 Å². The van der Waals surface area contributed by atoms with Crippen LogP contribution in [-0.2, 0) is 4.79 Å². The molecule has 0 aliphatic rings. The number of nitrogens with zero attached hydrogens (tertiary/aromatic N) is 2. The van der Waals surface area contributed by atoms with E-state index >= 15 is 0 Å². The predicted octanol–water partition coefficient (Wildman–Crippen LogP) is 2.29. The van der Waals surface area contributed by atoms with Crippen LogP contribution in [0.5, 0.6) is 0 Å². The Bertz CT molecular complexity index is 477. The molecule has 1 aromatic heterocycles. The molecule has 18 heavy (non-hydrogen) atoms. The Labute approximate surface area is 114 Å². The van der Waals surface area contributed by atoms with Crippen LogP contribution in [0, 0.1) is 0 Å². The molecule has 0 radical (unpaired) electrons. The summed E-state index contributed by atoms with van der Waals surface area (Å²) in [7, 11) is 0. The van der Waals surface area contributed by atoms with Crippen molar-refractivity contribution in [1.29, 1.82) is 0 Å². The summed E-state index contributed by atoms with van der Waals surface area (Å²) in [6.07, 6.45) is 3.11. The van der Waals surface area contributed by atoms with Crippen LogP contribution in [0.15, 0.2) is 27.9 Å². The molecular formula is C11H15N3O2S2. The zero-order valence-corrected chi connectivity index (χ0v) is 12.0. The molecule has 0 saturated heterocycles. The molecule has 0 saturated carbocycles. The number of rotatable bonds is 5. The van der Waals surface area contributed by atoms with Gasteiger partial charge in [0.1, 0.15) is 10.8 Å². The lowest BCUT2D eigenvalue weighted by Gasteiger charge is -2.11. The lowest BCUT2D eigenvalue weighted by atomic mass is 10.2. The molecule has 0 aliphatic carbocycles. The number of nitrogen functional groups attached to an aromatic ring is 1. The Kier molecular flexibility index (Phi) is 5.49. The van der Waals surface area contributed by atoms with E-state index in [0.29, 0.717) is 11.0 Å². The lowest BCUT2D eigenvalue weighted by Crippen LogP contribution is -2.04. The summed E-state index contributed by atoms with van der Waals surface area (Å²) in [5.41, 5.74) is 6.43. The van der Waals surface area contributed by atoms with Crippen LogP contribution in [0.1, 0.15) is 13.8 Å². The monoisotopic (exact) mass is 285 g/mol. The molecule has 0 amide bonds. The first-order chi connectivity index (χ1) is 8.42. The maximum absolute atomic E-state index is 10.6.